The predicted molar refractivity (Wildman–Crippen MR) is 137 cm³/mol. The molecule has 176 valence electrons. The van der Waals surface area contributed by atoms with Crippen LogP contribution < -0.4 is 5.56 Å². The van der Waals surface area contributed by atoms with Gasteiger partial charge in [-0.2, -0.15) is 4.91 Å². The summed E-state index contributed by atoms with van der Waals surface area (Å²) < 4.78 is 1.46. The number of carboxylic acids is 1. The molecular weight excluding hydrogens is 440 g/mol. The molecule has 3 aromatic carbocycles. The smallest absolute Gasteiger partial charge is 0.335 e. The average Bonchev–Trinajstić information content (AvgIpc) is 2.87. The molecule has 0 saturated heterocycles. The van der Waals surface area contributed by atoms with E-state index in [2.05, 4.69) is 24.2 Å². The third kappa shape index (κ3) is 5.27. The van der Waals surface area contributed by atoms with Gasteiger partial charge in [-0.3, -0.25) is 4.79 Å². The topological polar surface area (TPSA) is 88.7 Å². The van der Waals surface area contributed by atoms with E-state index in [1.54, 1.807) is 43.6 Å². The van der Waals surface area contributed by atoms with E-state index in [9.17, 15) is 14.5 Å². The molecule has 35 heavy (non-hydrogen) atoms. The van der Waals surface area contributed by atoms with E-state index in [0.29, 0.717) is 12.0 Å². The summed E-state index contributed by atoms with van der Waals surface area (Å²) in [6.07, 6.45) is 2.13. The van der Waals surface area contributed by atoms with Gasteiger partial charge >= 0.3 is 5.97 Å². The van der Waals surface area contributed by atoms with Gasteiger partial charge in [-0.15, -0.1) is 0 Å². The van der Waals surface area contributed by atoms with Crippen LogP contribution in [0.25, 0.3) is 11.1 Å². The molecular formula is C29H26N2O4. The normalized spacial score (nSPS) is 12.6. The first kappa shape index (κ1) is 23.8. The fourth-order valence-corrected chi connectivity index (χ4v) is 4.41. The van der Waals surface area contributed by atoms with Gasteiger partial charge < -0.3 is 9.67 Å². The molecule has 0 fully saturated rings. The highest BCUT2D eigenvalue weighted by molar-refractivity contribution is 5.88. The van der Waals surface area contributed by atoms with Crippen molar-refractivity contribution in [1.82, 2.24) is 4.57 Å². The summed E-state index contributed by atoms with van der Waals surface area (Å²) in [5.74, 6) is -1.04. The zero-order valence-electron chi connectivity index (χ0n) is 19.6. The Morgan fingerprint density at radius 2 is 1.49 bits per heavy atom. The SMILES string of the molecule is Cc1ccccc1[C@H](CC(N=O)c1ccc(=O)n(C)c1)c1ccc(-c2ccc(C(=O)O)cc2)cc1. The Hall–Kier alpha value is -4.32. The maximum Gasteiger partial charge on any atom is 0.335 e. The summed E-state index contributed by atoms with van der Waals surface area (Å²) in [4.78, 5) is 34.9. The van der Waals surface area contributed by atoms with Crippen LogP contribution >= 0.6 is 0 Å². The van der Waals surface area contributed by atoms with Gasteiger partial charge in [0.15, 0.2) is 0 Å². The van der Waals surface area contributed by atoms with E-state index in [0.717, 1.165) is 27.8 Å². The lowest BCUT2D eigenvalue weighted by Crippen LogP contribution is -2.16. The van der Waals surface area contributed by atoms with Crippen molar-refractivity contribution in [3.63, 3.8) is 0 Å². The fraction of sp³-hybridized carbons (Fsp3) is 0.172. The summed E-state index contributed by atoms with van der Waals surface area (Å²) in [6.45, 7) is 2.05. The van der Waals surface area contributed by atoms with Crippen LogP contribution in [0.2, 0.25) is 0 Å². The molecule has 0 spiro atoms. The van der Waals surface area contributed by atoms with Gasteiger partial charge in [0.1, 0.15) is 6.04 Å². The largest absolute Gasteiger partial charge is 0.478 e. The molecule has 6 heteroatoms. The van der Waals surface area contributed by atoms with E-state index in [-0.39, 0.29) is 17.0 Å². The van der Waals surface area contributed by atoms with Crippen LogP contribution in [-0.4, -0.2) is 15.6 Å². The number of pyridine rings is 1. The maximum absolute atomic E-state index is 11.9. The Morgan fingerprint density at radius 1 is 0.886 bits per heavy atom. The van der Waals surface area contributed by atoms with Crippen LogP contribution in [0.15, 0.2) is 101 Å². The highest BCUT2D eigenvalue weighted by Crippen LogP contribution is 2.37. The number of carboxylic acid groups (broad SMARTS) is 1. The molecule has 0 aliphatic carbocycles. The molecule has 4 aromatic rings. The number of rotatable bonds is 8. The summed E-state index contributed by atoms with van der Waals surface area (Å²) in [5.41, 5.74) is 5.99. The number of benzene rings is 3. The van der Waals surface area contributed by atoms with E-state index in [1.165, 1.54) is 10.6 Å². The lowest BCUT2D eigenvalue weighted by Gasteiger charge is -2.23. The van der Waals surface area contributed by atoms with Crippen molar-refractivity contribution in [1.29, 1.82) is 0 Å². The first-order chi connectivity index (χ1) is 16.9. The second-order valence-electron chi connectivity index (χ2n) is 8.68. The Balaban J connectivity index is 1.69. The standard InChI is InChI=1S/C29H26N2O4/c1-19-5-3-4-6-25(19)26(17-27(30-35)24-15-16-28(32)31(2)18-24)22-11-7-20(8-12-22)21-9-13-23(14-10-21)29(33)34/h3-16,18,26-27H,17H2,1-2H3,(H,33,34)/t26-,27?/m1/s1. The summed E-state index contributed by atoms with van der Waals surface area (Å²) in [7, 11) is 1.66. The van der Waals surface area contributed by atoms with Gasteiger partial charge in [-0.1, -0.05) is 65.8 Å². The van der Waals surface area contributed by atoms with Gasteiger partial charge in [0.25, 0.3) is 0 Å². The molecule has 0 bridgehead atoms. The monoisotopic (exact) mass is 466 g/mol. The minimum absolute atomic E-state index is 0.0837. The number of aromatic nitrogens is 1. The zero-order valence-corrected chi connectivity index (χ0v) is 19.6. The van der Waals surface area contributed by atoms with Gasteiger partial charge in [0.05, 0.1) is 5.56 Å². The van der Waals surface area contributed by atoms with Crippen molar-refractivity contribution in [3.05, 3.63) is 134 Å². The molecule has 1 aromatic heterocycles. The van der Waals surface area contributed by atoms with E-state index in [4.69, 9.17) is 5.11 Å². The van der Waals surface area contributed by atoms with Gasteiger partial charge in [-0.25, -0.2) is 4.79 Å². The van der Waals surface area contributed by atoms with Crippen LogP contribution in [0.4, 0.5) is 0 Å². The number of carbonyl (C=O) groups is 1. The fourth-order valence-electron chi connectivity index (χ4n) is 4.41. The molecule has 1 heterocycles. The Labute approximate surface area is 203 Å². The number of nitrogens with zero attached hydrogens (tertiary/aromatic N) is 2. The molecule has 0 amide bonds. The predicted octanol–water partition coefficient (Wildman–Crippen LogP) is 6.09. The first-order valence-electron chi connectivity index (χ1n) is 11.4. The number of aryl methyl sites for hydroxylation is 2. The molecule has 6 nitrogen and oxygen atoms in total. The average molecular weight is 467 g/mol. The van der Waals surface area contributed by atoms with E-state index in [1.807, 2.05) is 36.4 Å². The van der Waals surface area contributed by atoms with Crippen LogP contribution in [0.5, 0.6) is 0 Å². The Kier molecular flexibility index (Phi) is 7.01. The number of hydrogen-bond acceptors (Lipinski definition) is 4. The Morgan fingerprint density at radius 3 is 2.06 bits per heavy atom. The van der Waals surface area contributed by atoms with Crippen LogP contribution in [0.1, 0.15) is 51.0 Å². The second kappa shape index (κ2) is 10.3. The number of nitroso groups, excluding NO2 is 1. The molecule has 0 radical (unpaired) electrons. The van der Waals surface area contributed by atoms with E-state index >= 15 is 0 Å². The molecule has 1 unspecified atom stereocenters. The van der Waals surface area contributed by atoms with Crippen molar-refractivity contribution in [3.8, 4) is 11.1 Å². The summed E-state index contributed by atoms with van der Waals surface area (Å²) in [5, 5.41) is 12.6. The molecule has 4 rings (SSSR count). The van der Waals surface area contributed by atoms with Gasteiger partial charge in [0.2, 0.25) is 5.56 Å². The third-order valence-electron chi connectivity index (χ3n) is 6.42. The summed E-state index contributed by atoms with van der Waals surface area (Å²) in [6, 6.07) is 25.5. The minimum Gasteiger partial charge on any atom is -0.478 e. The Bertz CT molecular complexity index is 1410. The minimum atomic E-state index is -0.954. The van der Waals surface area contributed by atoms with Crippen molar-refractivity contribution < 1.29 is 9.90 Å². The highest BCUT2D eigenvalue weighted by atomic mass is 16.4. The van der Waals surface area contributed by atoms with Gasteiger partial charge in [0, 0.05) is 25.2 Å². The highest BCUT2D eigenvalue weighted by Gasteiger charge is 2.24. The first-order valence-corrected chi connectivity index (χ1v) is 11.4. The van der Waals surface area contributed by atoms with Crippen molar-refractivity contribution in [2.24, 2.45) is 12.2 Å². The maximum atomic E-state index is 11.9. The van der Waals surface area contributed by atoms with Gasteiger partial charge in [-0.05, 0) is 64.9 Å². The molecule has 0 saturated carbocycles. The van der Waals surface area contributed by atoms with Crippen LogP contribution in [-0.2, 0) is 7.05 Å². The lowest BCUT2D eigenvalue weighted by molar-refractivity contribution is 0.0697. The van der Waals surface area contributed by atoms with Crippen molar-refractivity contribution in [2.75, 3.05) is 0 Å². The molecule has 2 atom stereocenters. The third-order valence-corrected chi connectivity index (χ3v) is 6.42. The molecule has 0 aliphatic heterocycles. The molecule has 1 N–H and O–H groups in total. The lowest BCUT2D eigenvalue weighted by atomic mass is 9.82. The summed E-state index contributed by atoms with van der Waals surface area (Å²) >= 11 is 0. The van der Waals surface area contributed by atoms with Crippen LogP contribution in [0.3, 0.4) is 0 Å². The quantitative estimate of drug-likeness (QED) is 0.318. The van der Waals surface area contributed by atoms with Crippen LogP contribution in [0, 0.1) is 11.8 Å². The van der Waals surface area contributed by atoms with Crippen molar-refractivity contribution >= 4 is 5.97 Å². The number of aromatic carboxylic acids is 1. The number of hydrogen-bond donors (Lipinski definition) is 1. The second-order valence-corrected chi connectivity index (χ2v) is 8.68. The van der Waals surface area contributed by atoms with E-state index < -0.39 is 12.0 Å². The zero-order chi connectivity index (χ0) is 24.9. The molecule has 0 aliphatic rings. The van der Waals surface area contributed by atoms with Crippen molar-refractivity contribution in [2.45, 2.75) is 25.3 Å².